The molecule has 0 saturated carbocycles. The van der Waals surface area contributed by atoms with Crippen LogP contribution >= 0.6 is 15.9 Å². The number of hydrogen-bond acceptors (Lipinski definition) is 1. The Balaban J connectivity index is 1.81. The Morgan fingerprint density at radius 3 is 2.44 bits per heavy atom. The Morgan fingerprint density at radius 2 is 1.67 bits per heavy atom. The SMILES string of the molecule is Brc1ccccc1CNCC#Cc1ccccc1. The highest BCUT2D eigenvalue weighted by atomic mass is 79.9. The van der Waals surface area contributed by atoms with Crippen molar-refractivity contribution in [2.75, 3.05) is 6.54 Å². The molecule has 2 heteroatoms. The highest BCUT2D eigenvalue weighted by Crippen LogP contribution is 2.14. The van der Waals surface area contributed by atoms with Crippen molar-refractivity contribution in [2.24, 2.45) is 0 Å². The smallest absolute Gasteiger partial charge is 0.0582 e. The Kier molecular flexibility index (Phi) is 5.01. The molecule has 0 aromatic heterocycles. The van der Waals surface area contributed by atoms with Crippen molar-refractivity contribution in [3.63, 3.8) is 0 Å². The fourth-order valence-corrected chi connectivity index (χ4v) is 1.99. The zero-order chi connectivity index (χ0) is 12.6. The fraction of sp³-hybridized carbons (Fsp3) is 0.125. The molecule has 0 bridgehead atoms. The monoisotopic (exact) mass is 299 g/mol. The molecule has 0 spiro atoms. The van der Waals surface area contributed by atoms with Gasteiger partial charge in [-0.05, 0) is 23.8 Å². The third kappa shape index (κ3) is 4.03. The zero-order valence-electron chi connectivity index (χ0n) is 9.99. The minimum Gasteiger partial charge on any atom is -0.302 e. The molecule has 2 rings (SSSR count). The van der Waals surface area contributed by atoms with Crippen LogP contribution in [0.3, 0.4) is 0 Å². The van der Waals surface area contributed by atoms with Crippen LogP contribution in [0.4, 0.5) is 0 Å². The van der Waals surface area contributed by atoms with Crippen molar-refractivity contribution in [1.82, 2.24) is 5.32 Å². The maximum atomic E-state index is 3.53. The molecule has 0 unspecified atom stereocenters. The largest absolute Gasteiger partial charge is 0.302 e. The van der Waals surface area contributed by atoms with Gasteiger partial charge in [0.05, 0.1) is 6.54 Å². The highest BCUT2D eigenvalue weighted by molar-refractivity contribution is 9.10. The van der Waals surface area contributed by atoms with E-state index in [1.54, 1.807) is 0 Å². The Labute approximate surface area is 116 Å². The molecule has 18 heavy (non-hydrogen) atoms. The summed E-state index contributed by atoms with van der Waals surface area (Å²) in [6, 6.07) is 18.2. The van der Waals surface area contributed by atoms with Gasteiger partial charge in [-0.25, -0.2) is 0 Å². The third-order valence-electron chi connectivity index (χ3n) is 2.49. The predicted octanol–water partition coefficient (Wildman–Crippen LogP) is 3.59. The summed E-state index contributed by atoms with van der Waals surface area (Å²) in [4.78, 5) is 0. The van der Waals surface area contributed by atoms with Crippen LogP contribution in [0, 0.1) is 11.8 Å². The van der Waals surface area contributed by atoms with Crippen LogP contribution in [-0.2, 0) is 6.54 Å². The quantitative estimate of drug-likeness (QED) is 0.675. The number of benzene rings is 2. The van der Waals surface area contributed by atoms with Gasteiger partial charge in [-0.15, -0.1) is 0 Å². The molecule has 0 aliphatic carbocycles. The van der Waals surface area contributed by atoms with E-state index in [1.807, 2.05) is 48.5 Å². The van der Waals surface area contributed by atoms with Gasteiger partial charge in [0.2, 0.25) is 0 Å². The summed E-state index contributed by atoms with van der Waals surface area (Å²) in [6.07, 6.45) is 0. The van der Waals surface area contributed by atoms with Crippen LogP contribution in [0.5, 0.6) is 0 Å². The summed E-state index contributed by atoms with van der Waals surface area (Å²) in [5, 5.41) is 3.31. The van der Waals surface area contributed by atoms with Crippen LogP contribution < -0.4 is 5.32 Å². The topological polar surface area (TPSA) is 12.0 Å². The van der Waals surface area contributed by atoms with Crippen LogP contribution in [0.2, 0.25) is 0 Å². The number of rotatable bonds is 3. The number of hydrogen-bond donors (Lipinski definition) is 1. The van der Waals surface area contributed by atoms with Crippen molar-refractivity contribution < 1.29 is 0 Å². The second-order valence-corrected chi connectivity index (χ2v) is 4.72. The summed E-state index contributed by atoms with van der Waals surface area (Å²) in [5.41, 5.74) is 2.30. The Morgan fingerprint density at radius 1 is 0.944 bits per heavy atom. The lowest BCUT2D eigenvalue weighted by Gasteiger charge is -2.03. The number of nitrogens with one attached hydrogen (secondary N) is 1. The molecule has 1 nitrogen and oxygen atoms in total. The van der Waals surface area contributed by atoms with Gasteiger partial charge in [0, 0.05) is 16.6 Å². The van der Waals surface area contributed by atoms with Gasteiger partial charge in [-0.1, -0.05) is 64.2 Å². The molecule has 0 heterocycles. The third-order valence-corrected chi connectivity index (χ3v) is 3.27. The molecular weight excluding hydrogens is 286 g/mol. The first-order valence-electron chi connectivity index (χ1n) is 5.84. The average molecular weight is 300 g/mol. The van der Waals surface area contributed by atoms with E-state index in [1.165, 1.54) is 5.56 Å². The molecule has 0 radical (unpaired) electrons. The first-order valence-corrected chi connectivity index (χ1v) is 6.63. The van der Waals surface area contributed by atoms with Gasteiger partial charge in [0.25, 0.3) is 0 Å². The molecule has 0 amide bonds. The van der Waals surface area contributed by atoms with Crippen molar-refractivity contribution in [3.05, 3.63) is 70.2 Å². The van der Waals surface area contributed by atoms with Gasteiger partial charge >= 0.3 is 0 Å². The highest BCUT2D eigenvalue weighted by Gasteiger charge is 1.95. The van der Waals surface area contributed by atoms with Crippen molar-refractivity contribution in [1.29, 1.82) is 0 Å². The molecule has 2 aromatic carbocycles. The standard InChI is InChI=1S/C16H14BrN/c17-16-11-5-4-10-15(16)13-18-12-6-9-14-7-2-1-3-8-14/h1-5,7-8,10-11,18H,12-13H2. The predicted molar refractivity (Wildman–Crippen MR) is 79.2 cm³/mol. The normalized spacial score (nSPS) is 9.61. The van der Waals surface area contributed by atoms with E-state index in [-0.39, 0.29) is 0 Å². The van der Waals surface area contributed by atoms with Gasteiger partial charge in [-0.2, -0.15) is 0 Å². The fourth-order valence-electron chi connectivity index (χ4n) is 1.57. The minimum atomic E-state index is 0.691. The van der Waals surface area contributed by atoms with E-state index in [9.17, 15) is 0 Å². The van der Waals surface area contributed by atoms with Crippen molar-refractivity contribution in [3.8, 4) is 11.8 Å². The molecule has 90 valence electrons. The number of halogens is 1. The second-order valence-electron chi connectivity index (χ2n) is 3.86. The molecule has 0 aliphatic heterocycles. The summed E-state index contributed by atoms with van der Waals surface area (Å²) in [5.74, 6) is 6.24. The van der Waals surface area contributed by atoms with Gasteiger partial charge in [-0.3, -0.25) is 0 Å². The van der Waals surface area contributed by atoms with Gasteiger partial charge in [0.15, 0.2) is 0 Å². The van der Waals surface area contributed by atoms with Crippen LogP contribution in [0.25, 0.3) is 0 Å². The van der Waals surface area contributed by atoms with E-state index >= 15 is 0 Å². The van der Waals surface area contributed by atoms with E-state index in [0.29, 0.717) is 6.54 Å². The summed E-state index contributed by atoms with van der Waals surface area (Å²) >= 11 is 3.53. The lowest BCUT2D eigenvalue weighted by Crippen LogP contribution is -2.13. The van der Waals surface area contributed by atoms with Crippen LogP contribution in [-0.4, -0.2) is 6.54 Å². The maximum absolute atomic E-state index is 3.53. The lowest BCUT2D eigenvalue weighted by molar-refractivity contribution is 0.767. The molecular formula is C16H14BrN. The Bertz CT molecular complexity index is 552. The first kappa shape index (κ1) is 12.9. The van der Waals surface area contributed by atoms with Crippen LogP contribution in [0.15, 0.2) is 59.1 Å². The van der Waals surface area contributed by atoms with E-state index in [4.69, 9.17) is 0 Å². The van der Waals surface area contributed by atoms with Gasteiger partial charge < -0.3 is 5.32 Å². The molecule has 0 atom stereocenters. The maximum Gasteiger partial charge on any atom is 0.0582 e. The minimum absolute atomic E-state index is 0.691. The van der Waals surface area contributed by atoms with E-state index in [0.717, 1.165) is 16.6 Å². The second kappa shape index (κ2) is 7.00. The zero-order valence-corrected chi connectivity index (χ0v) is 11.6. The lowest BCUT2D eigenvalue weighted by atomic mass is 10.2. The average Bonchev–Trinajstić information content (AvgIpc) is 2.42. The van der Waals surface area contributed by atoms with Gasteiger partial charge in [0.1, 0.15) is 0 Å². The van der Waals surface area contributed by atoms with E-state index < -0.39 is 0 Å². The van der Waals surface area contributed by atoms with Crippen molar-refractivity contribution in [2.45, 2.75) is 6.54 Å². The molecule has 1 N–H and O–H groups in total. The molecule has 0 aliphatic rings. The Hall–Kier alpha value is -1.56. The molecule has 0 fully saturated rings. The summed E-state index contributed by atoms with van der Waals surface area (Å²) < 4.78 is 1.13. The van der Waals surface area contributed by atoms with E-state index in [2.05, 4.69) is 39.2 Å². The summed E-state index contributed by atoms with van der Waals surface area (Å²) in [6.45, 7) is 1.52. The first-order chi connectivity index (χ1) is 8.86. The summed E-state index contributed by atoms with van der Waals surface area (Å²) in [7, 11) is 0. The van der Waals surface area contributed by atoms with Crippen LogP contribution in [0.1, 0.15) is 11.1 Å². The van der Waals surface area contributed by atoms with Crippen molar-refractivity contribution >= 4 is 15.9 Å². The molecule has 2 aromatic rings. The molecule has 0 saturated heterocycles.